The molecule has 2 rings (SSSR count). The van der Waals surface area contributed by atoms with E-state index in [9.17, 15) is 8.78 Å². The normalized spacial score (nSPS) is 27.8. The van der Waals surface area contributed by atoms with Gasteiger partial charge >= 0.3 is 0 Å². The molecule has 0 N–H and O–H groups in total. The minimum Gasteiger partial charge on any atom is -0.204 e. The summed E-state index contributed by atoms with van der Waals surface area (Å²) < 4.78 is 27.0. The number of hydrogen-bond acceptors (Lipinski definition) is 0. The molecule has 1 aromatic rings. The number of halogens is 3. The average Bonchev–Trinajstić information content (AvgIpc) is 2.37. The van der Waals surface area contributed by atoms with Crippen LogP contribution in [0.5, 0.6) is 0 Å². The molecule has 0 amide bonds. The molecule has 0 spiro atoms. The van der Waals surface area contributed by atoms with Gasteiger partial charge in [0, 0.05) is 4.83 Å². The molecule has 0 aliphatic heterocycles. The van der Waals surface area contributed by atoms with Crippen LogP contribution in [0.1, 0.15) is 38.7 Å². The summed E-state index contributed by atoms with van der Waals surface area (Å²) in [5.41, 5.74) is 0.513. The lowest BCUT2D eigenvalue weighted by Crippen LogP contribution is -2.29. The van der Waals surface area contributed by atoms with Gasteiger partial charge in [-0.15, -0.1) is 0 Å². The van der Waals surface area contributed by atoms with Crippen LogP contribution >= 0.6 is 15.9 Å². The van der Waals surface area contributed by atoms with Gasteiger partial charge in [0.2, 0.25) is 0 Å². The van der Waals surface area contributed by atoms with Crippen molar-refractivity contribution in [1.29, 1.82) is 0 Å². The van der Waals surface area contributed by atoms with Gasteiger partial charge in [-0.3, -0.25) is 0 Å². The largest absolute Gasteiger partial charge is 0.204 e. The molecule has 0 aromatic heterocycles. The lowest BCUT2D eigenvalue weighted by molar-refractivity contribution is 0.221. The third-order valence-electron chi connectivity index (χ3n) is 4.39. The Kier molecular flexibility index (Phi) is 4.99. The van der Waals surface area contributed by atoms with E-state index in [1.807, 2.05) is 0 Å². The van der Waals surface area contributed by atoms with Crippen molar-refractivity contribution >= 4 is 15.9 Å². The van der Waals surface area contributed by atoms with Gasteiger partial charge in [0.05, 0.1) is 0 Å². The highest BCUT2D eigenvalue weighted by Gasteiger charge is 2.31. The van der Waals surface area contributed by atoms with Crippen LogP contribution in [0.15, 0.2) is 18.2 Å². The zero-order valence-electron chi connectivity index (χ0n) is 11.5. The van der Waals surface area contributed by atoms with E-state index in [1.165, 1.54) is 12.5 Å². The molecule has 0 saturated heterocycles. The molecule has 19 heavy (non-hydrogen) atoms. The predicted molar refractivity (Wildman–Crippen MR) is 78.4 cm³/mol. The summed E-state index contributed by atoms with van der Waals surface area (Å²) in [6.07, 6.45) is 4.09. The number of rotatable bonds is 3. The van der Waals surface area contributed by atoms with Crippen molar-refractivity contribution < 1.29 is 8.78 Å². The van der Waals surface area contributed by atoms with Gasteiger partial charge in [-0.25, -0.2) is 8.78 Å². The molecule has 0 bridgehead atoms. The minimum absolute atomic E-state index is 0.400. The Bertz CT molecular complexity index is 431. The summed E-state index contributed by atoms with van der Waals surface area (Å²) >= 11 is 3.72. The minimum atomic E-state index is -0.736. The fourth-order valence-electron chi connectivity index (χ4n) is 3.07. The molecule has 3 heteroatoms. The summed E-state index contributed by atoms with van der Waals surface area (Å²) in [7, 11) is 0. The van der Waals surface area contributed by atoms with Gasteiger partial charge < -0.3 is 0 Å². The molecule has 1 aromatic carbocycles. The first-order valence-electron chi connectivity index (χ1n) is 7.06. The molecule has 1 aliphatic carbocycles. The van der Waals surface area contributed by atoms with Crippen LogP contribution in [0.25, 0.3) is 0 Å². The van der Waals surface area contributed by atoms with E-state index in [0.717, 1.165) is 12.8 Å². The van der Waals surface area contributed by atoms with E-state index < -0.39 is 11.6 Å². The maximum atomic E-state index is 13.7. The zero-order chi connectivity index (χ0) is 14.0. The van der Waals surface area contributed by atoms with Crippen LogP contribution in [0.2, 0.25) is 0 Å². The molecule has 0 nitrogen and oxygen atoms in total. The first-order valence-corrected chi connectivity index (χ1v) is 7.97. The van der Waals surface area contributed by atoms with Crippen LogP contribution in [-0.2, 0) is 6.42 Å². The second-order valence-corrected chi connectivity index (χ2v) is 7.19. The molecule has 3 unspecified atom stereocenters. The third-order valence-corrected chi connectivity index (χ3v) is 5.59. The van der Waals surface area contributed by atoms with Crippen molar-refractivity contribution in [2.75, 3.05) is 0 Å². The molecule has 3 atom stereocenters. The quantitative estimate of drug-likeness (QED) is 0.656. The summed E-state index contributed by atoms with van der Waals surface area (Å²) in [5, 5.41) is 0. The van der Waals surface area contributed by atoms with Crippen LogP contribution < -0.4 is 0 Å². The summed E-state index contributed by atoms with van der Waals surface area (Å²) in [4.78, 5) is 0.421. The van der Waals surface area contributed by atoms with E-state index in [1.54, 1.807) is 12.1 Å². The van der Waals surface area contributed by atoms with Gasteiger partial charge in [-0.1, -0.05) is 41.9 Å². The Morgan fingerprint density at radius 3 is 2.68 bits per heavy atom. The van der Waals surface area contributed by atoms with E-state index in [0.29, 0.717) is 34.6 Å². The van der Waals surface area contributed by atoms with Crippen LogP contribution in [0.4, 0.5) is 8.78 Å². The Morgan fingerprint density at radius 2 is 2.00 bits per heavy atom. The van der Waals surface area contributed by atoms with Gasteiger partial charge in [0.25, 0.3) is 0 Å². The summed E-state index contributed by atoms with van der Waals surface area (Å²) in [5.74, 6) is 0.362. The first-order chi connectivity index (χ1) is 8.99. The Labute approximate surface area is 122 Å². The fourth-order valence-corrected chi connectivity index (χ4v) is 3.74. The smallest absolute Gasteiger partial charge is 0.162 e. The topological polar surface area (TPSA) is 0 Å². The maximum absolute atomic E-state index is 13.7. The lowest BCUT2D eigenvalue weighted by Gasteiger charge is -2.35. The standard InChI is InChI=1S/C16H21BrF2/c1-10(2)11-6-7-14(17)13(8-11)9-12-4-3-5-15(18)16(12)19/h3-5,10-11,13-14H,6-9H2,1-2H3. The Morgan fingerprint density at radius 1 is 1.26 bits per heavy atom. The zero-order valence-corrected chi connectivity index (χ0v) is 13.1. The molecule has 1 aliphatic rings. The predicted octanol–water partition coefficient (Wildman–Crippen LogP) is 5.34. The molecule has 0 heterocycles. The van der Waals surface area contributed by atoms with Crippen molar-refractivity contribution in [2.45, 2.75) is 44.4 Å². The Balaban J connectivity index is 2.10. The monoisotopic (exact) mass is 330 g/mol. The number of benzene rings is 1. The first kappa shape index (κ1) is 15.0. The summed E-state index contributed by atoms with van der Waals surface area (Å²) in [6.45, 7) is 4.50. The highest BCUT2D eigenvalue weighted by Crippen LogP contribution is 2.39. The number of hydrogen-bond donors (Lipinski definition) is 0. The van der Waals surface area contributed by atoms with Gasteiger partial charge in [0.15, 0.2) is 11.6 Å². The van der Waals surface area contributed by atoms with Crippen LogP contribution in [0, 0.1) is 29.4 Å². The van der Waals surface area contributed by atoms with E-state index >= 15 is 0 Å². The van der Waals surface area contributed by atoms with Crippen molar-refractivity contribution in [3.8, 4) is 0 Å². The summed E-state index contributed by atoms with van der Waals surface area (Å²) in [6, 6.07) is 4.49. The highest BCUT2D eigenvalue weighted by atomic mass is 79.9. The third kappa shape index (κ3) is 3.56. The lowest BCUT2D eigenvalue weighted by atomic mass is 9.74. The van der Waals surface area contributed by atoms with Crippen molar-refractivity contribution in [2.24, 2.45) is 17.8 Å². The SMILES string of the molecule is CC(C)C1CCC(Br)C(Cc2cccc(F)c2F)C1. The second kappa shape index (κ2) is 6.34. The maximum Gasteiger partial charge on any atom is 0.162 e. The molecule has 0 radical (unpaired) electrons. The van der Waals surface area contributed by atoms with E-state index in [2.05, 4.69) is 29.8 Å². The number of alkyl halides is 1. The Hall–Kier alpha value is -0.440. The second-order valence-electron chi connectivity index (χ2n) is 6.01. The van der Waals surface area contributed by atoms with Crippen LogP contribution in [-0.4, -0.2) is 4.83 Å². The van der Waals surface area contributed by atoms with Crippen molar-refractivity contribution in [1.82, 2.24) is 0 Å². The fraction of sp³-hybridized carbons (Fsp3) is 0.625. The van der Waals surface area contributed by atoms with Gasteiger partial charge in [-0.05, 0) is 55.1 Å². The van der Waals surface area contributed by atoms with Crippen molar-refractivity contribution in [3.63, 3.8) is 0 Å². The molecule has 1 fully saturated rings. The molecular formula is C16H21BrF2. The van der Waals surface area contributed by atoms with E-state index in [4.69, 9.17) is 0 Å². The molecule has 1 saturated carbocycles. The molecule has 106 valence electrons. The highest BCUT2D eigenvalue weighted by molar-refractivity contribution is 9.09. The molecular weight excluding hydrogens is 310 g/mol. The van der Waals surface area contributed by atoms with Crippen LogP contribution in [0.3, 0.4) is 0 Å². The average molecular weight is 331 g/mol. The van der Waals surface area contributed by atoms with Crippen molar-refractivity contribution in [3.05, 3.63) is 35.4 Å². The van der Waals surface area contributed by atoms with Gasteiger partial charge in [0.1, 0.15) is 0 Å². The van der Waals surface area contributed by atoms with E-state index in [-0.39, 0.29) is 0 Å². The van der Waals surface area contributed by atoms with Gasteiger partial charge in [-0.2, -0.15) is 0 Å².